The Morgan fingerprint density at radius 2 is 1.90 bits per heavy atom. The number of carbonyl (C=O) groups excluding carboxylic acids is 3. The molecule has 1 fully saturated rings. The summed E-state index contributed by atoms with van der Waals surface area (Å²) in [7, 11) is 3.24. The van der Waals surface area contributed by atoms with E-state index in [1.807, 2.05) is 41.9 Å². The zero-order valence-electron chi connectivity index (χ0n) is 18.2. The predicted octanol–water partition coefficient (Wildman–Crippen LogP) is 1.86. The number of carbonyl (C=O) groups is 3. The molecule has 0 saturated heterocycles. The zero-order chi connectivity index (χ0) is 22.4. The van der Waals surface area contributed by atoms with Gasteiger partial charge in [-0.1, -0.05) is 18.2 Å². The van der Waals surface area contributed by atoms with Crippen LogP contribution in [0.3, 0.4) is 0 Å². The normalized spacial score (nSPS) is 19.6. The van der Waals surface area contributed by atoms with Gasteiger partial charge in [0.25, 0.3) is 5.91 Å². The molecule has 1 heterocycles. The molecule has 168 valence electrons. The number of fused-ring (bicyclic) bond motifs is 1. The Morgan fingerprint density at radius 1 is 1.19 bits per heavy atom. The van der Waals surface area contributed by atoms with Gasteiger partial charge in [0, 0.05) is 24.0 Å². The maximum Gasteiger partial charge on any atom is 0.308 e. The third-order valence-electron chi connectivity index (χ3n) is 6.11. The Hall–Kier alpha value is -2.87. The highest BCUT2D eigenvalue weighted by molar-refractivity contribution is 6.00. The number of amides is 2. The van der Waals surface area contributed by atoms with Crippen molar-refractivity contribution in [3.05, 3.63) is 36.0 Å². The lowest BCUT2D eigenvalue weighted by Crippen LogP contribution is -2.50. The highest BCUT2D eigenvalue weighted by Crippen LogP contribution is 2.25. The maximum atomic E-state index is 13.0. The van der Waals surface area contributed by atoms with Gasteiger partial charge in [-0.05, 0) is 57.2 Å². The van der Waals surface area contributed by atoms with E-state index in [-0.39, 0.29) is 29.7 Å². The lowest BCUT2D eigenvalue weighted by molar-refractivity contribution is -0.146. The maximum absolute atomic E-state index is 13.0. The number of hydrogen-bond donors (Lipinski definition) is 3. The number of benzene rings is 1. The minimum atomic E-state index is -0.660. The minimum absolute atomic E-state index is 0.0108. The molecule has 1 aromatic heterocycles. The van der Waals surface area contributed by atoms with Gasteiger partial charge in [0.1, 0.15) is 11.7 Å². The first-order valence-corrected chi connectivity index (χ1v) is 10.9. The van der Waals surface area contributed by atoms with Crippen molar-refractivity contribution in [1.29, 1.82) is 0 Å². The highest BCUT2D eigenvalue weighted by Gasteiger charge is 2.30. The molecule has 3 rings (SSSR count). The van der Waals surface area contributed by atoms with E-state index in [4.69, 9.17) is 10.5 Å². The van der Waals surface area contributed by atoms with Gasteiger partial charge in [0.15, 0.2) is 0 Å². The van der Waals surface area contributed by atoms with Gasteiger partial charge in [-0.25, -0.2) is 0 Å². The van der Waals surface area contributed by atoms with Crippen molar-refractivity contribution < 1.29 is 19.1 Å². The van der Waals surface area contributed by atoms with E-state index in [9.17, 15) is 14.4 Å². The van der Waals surface area contributed by atoms with Gasteiger partial charge in [0.2, 0.25) is 5.91 Å². The molecule has 0 unspecified atom stereocenters. The SMILES string of the molecule is COC(=O)C1CCC(NC(=O)[C@H](CCCN)NC(=O)c2cc3ccccc3n2C)CC1. The van der Waals surface area contributed by atoms with Crippen LogP contribution >= 0.6 is 0 Å². The number of hydrogen-bond acceptors (Lipinski definition) is 5. The van der Waals surface area contributed by atoms with Crippen molar-refractivity contribution in [1.82, 2.24) is 15.2 Å². The fourth-order valence-corrected chi connectivity index (χ4v) is 4.27. The smallest absolute Gasteiger partial charge is 0.308 e. The summed E-state index contributed by atoms with van der Waals surface area (Å²) < 4.78 is 6.65. The van der Waals surface area contributed by atoms with Crippen LogP contribution in [0.15, 0.2) is 30.3 Å². The van der Waals surface area contributed by atoms with Crippen molar-refractivity contribution in [3.8, 4) is 0 Å². The van der Waals surface area contributed by atoms with Crippen LogP contribution in [0.4, 0.5) is 0 Å². The predicted molar refractivity (Wildman–Crippen MR) is 118 cm³/mol. The molecule has 0 bridgehead atoms. The number of nitrogens with zero attached hydrogens (tertiary/aromatic N) is 1. The number of ether oxygens (including phenoxy) is 1. The number of para-hydroxylation sites is 1. The second-order valence-electron chi connectivity index (χ2n) is 8.18. The Morgan fingerprint density at radius 3 is 2.55 bits per heavy atom. The second kappa shape index (κ2) is 10.4. The molecular weight excluding hydrogens is 396 g/mol. The third kappa shape index (κ3) is 5.44. The topological polar surface area (TPSA) is 115 Å². The first-order valence-electron chi connectivity index (χ1n) is 10.9. The molecule has 2 aromatic rings. The lowest BCUT2D eigenvalue weighted by atomic mass is 9.86. The molecule has 1 saturated carbocycles. The Bertz CT molecular complexity index is 931. The van der Waals surface area contributed by atoms with Crippen molar-refractivity contribution in [2.45, 2.75) is 50.6 Å². The number of nitrogens with one attached hydrogen (secondary N) is 2. The van der Waals surface area contributed by atoms with Crippen LogP contribution in [-0.2, 0) is 21.4 Å². The van der Waals surface area contributed by atoms with Crippen LogP contribution in [0, 0.1) is 5.92 Å². The lowest BCUT2D eigenvalue weighted by Gasteiger charge is -2.29. The van der Waals surface area contributed by atoms with Gasteiger partial charge in [-0.3, -0.25) is 14.4 Å². The summed E-state index contributed by atoms with van der Waals surface area (Å²) in [5.74, 6) is -0.780. The number of aromatic nitrogens is 1. The second-order valence-corrected chi connectivity index (χ2v) is 8.18. The van der Waals surface area contributed by atoms with E-state index < -0.39 is 6.04 Å². The molecular formula is C23H32N4O4. The van der Waals surface area contributed by atoms with Crippen LogP contribution in [0.2, 0.25) is 0 Å². The van der Waals surface area contributed by atoms with E-state index in [1.54, 1.807) is 0 Å². The fraction of sp³-hybridized carbons (Fsp3) is 0.522. The molecule has 1 aromatic carbocycles. The van der Waals surface area contributed by atoms with E-state index in [0.29, 0.717) is 50.8 Å². The molecule has 4 N–H and O–H groups in total. The molecule has 31 heavy (non-hydrogen) atoms. The summed E-state index contributed by atoms with van der Waals surface area (Å²) in [5, 5.41) is 6.92. The molecule has 8 heteroatoms. The van der Waals surface area contributed by atoms with Gasteiger partial charge >= 0.3 is 5.97 Å². The average molecular weight is 429 g/mol. The number of rotatable bonds is 8. The van der Waals surface area contributed by atoms with Crippen LogP contribution in [0.25, 0.3) is 10.9 Å². The van der Waals surface area contributed by atoms with E-state index in [2.05, 4.69) is 10.6 Å². The summed E-state index contributed by atoms with van der Waals surface area (Å²) in [5.41, 5.74) is 7.10. The first kappa shape index (κ1) is 22.8. The summed E-state index contributed by atoms with van der Waals surface area (Å²) in [4.78, 5) is 37.6. The Labute approximate surface area is 182 Å². The summed E-state index contributed by atoms with van der Waals surface area (Å²) in [6.45, 7) is 0.442. The zero-order valence-corrected chi connectivity index (χ0v) is 18.2. The van der Waals surface area contributed by atoms with Gasteiger partial charge in [0.05, 0.1) is 13.0 Å². The third-order valence-corrected chi connectivity index (χ3v) is 6.11. The quantitative estimate of drug-likeness (QED) is 0.555. The fourth-order valence-electron chi connectivity index (χ4n) is 4.27. The molecule has 1 aliphatic carbocycles. The standard InChI is InChI=1S/C23H32N4O4/c1-27-19-8-4-3-6-16(19)14-20(27)22(29)26-18(7-5-13-24)21(28)25-17-11-9-15(10-12-17)23(30)31-2/h3-4,6,8,14-15,17-18H,5,7,9-13,24H2,1-2H3,(H,25,28)(H,26,29)/t15?,17?,18-/m0/s1. The van der Waals surface area contributed by atoms with E-state index in [1.165, 1.54) is 7.11 Å². The van der Waals surface area contributed by atoms with E-state index in [0.717, 1.165) is 10.9 Å². The number of methoxy groups -OCH3 is 1. The molecule has 8 nitrogen and oxygen atoms in total. The number of aryl methyl sites for hydroxylation is 1. The van der Waals surface area contributed by atoms with Crippen molar-refractivity contribution in [2.24, 2.45) is 18.7 Å². The van der Waals surface area contributed by atoms with Crippen LogP contribution in [0.1, 0.15) is 49.0 Å². The van der Waals surface area contributed by atoms with Crippen molar-refractivity contribution >= 4 is 28.7 Å². The first-order chi connectivity index (χ1) is 14.9. The van der Waals surface area contributed by atoms with Crippen LogP contribution in [0.5, 0.6) is 0 Å². The van der Waals surface area contributed by atoms with Gasteiger partial charge < -0.3 is 25.7 Å². The molecule has 1 aliphatic rings. The molecule has 0 spiro atoms. The number of esters is 1. The average Bonchev–Trinajstić information content (AvgIpc) is 3.13. The molecule has 1 atom stereocenters. The Kier molecular flexibility index (Phi) is 7.68. The van der Waals surface area contributed by atoms with Gasteiger partial charge in [-0.15, -0.1) is 0 Å². The van der Waals surface area contributed by atoms with Crippen molar-refractivity contribution in [3.63, 3.8) is 0 Å². The van der Waals surface area contributed by atoms with E-state index >= 15 is 0 Å². The minimum Gasteiger partial charge on any atom is -0.469 e. The largest absolute Gasteiger partial charge is 0.469 e. The summed E-state index contributed by atoms with van der Waals surface area (Å²) in [6, 6.07) is 8.92. The summed E-state index contributed by atoms with van der Waals surface area (Å²) in [6.07, 6.45) is 3.90. The molecule has 2 amide bonds. The van der Waals surface area contributed by atoms with Crippen LogP contribution < -0.4 is 16.4 Å². The summed E-state index contributed by atoms with van der Waals surface area (Å²) >= 11 is 0. The highest BCUT2D eigenvalue weighted by atomic mass is 16.5. The van der Waals surface area contributed by atoms with Gasteiger partial charge in [-0.2, -0.15) is 0 Å². The molecule has 0 radical (unpaired) electrons. The Balaban J connectivity index is 1.64. The number of nitrogens with two attached hydrogens (primary N) is 1. The monoisotopic (exact) mass is 428 g/mol. The molecule has 0 aliphatic heterocycles. The van der Waals surface area contributed by atoms with Crippen LogP contribution in [-0.4, -0.2) is 48.1 Å². The van der Waals surface area contributed by atoms with Crippen molar-refractivity contribution in [2.75, 3.05) is 13.7 Å².